The Morgan fingerprint density at radius 3 is 2.68 bits per heavy atom. The molecule has 0 aliphatic carbocycles. The van der Waals surface area contributed by atoms with Crippen LogP contribution in [0.5, 0.6) is 5.75 Å². The van der Waals surface area contributed by atoms with Crippen molar-refractivity contribution in [1.82, 2.24) is 19.6 Å². The van der Waals surface area contributed by atoms with Crippen LogP contribution in [-0.4, -0.2) is 26.7 Å². The first-order valence-electron chi connectivity index (χ1n) is 6.70. The lowest BCUT2D eigenvalue weighted by atomic mass is 10.2. The third-order valence-corrected chi connectivity index (χ3v) is 3.98. The number of nitrogens with zero attached hydrogens (tertiary/aromatic N) is 4. The smallest absolute Gasteiger partial charge is 0.182 e. The summed E-state index contributed by atoms with van der Waals surface area (Å²) in [6, 6.07) is 13.6. The number of hydrogen-bond donors (Lipinski definition) is 0. The Hall–Kier alpha value is -2.47. The fraction of sp³-hybridized carbons (Fsp3) is 0.0625. The number of benzene rings is 2. The highest BCUT2D eigenvalue weighted by Gasteiger charge is 2.10. The molecule has 0 aliphatic rings. The van der Waals surface area contributed by atoms with Crippen molar-refractivity contribution < 1.29 is 4.74 Å². The SMILES string of the molecule is COc1ccc(-c2nc3c4cc(Br)ccc4ncn3n2)cc1. The summed E-state index contributed by atoms with van der Waals surface area (Å²) < 4.78 is 7.87. The monoisotopic (exact) mass is 354 g/mol. The van der Waals surface area contributed by atoms with Crippen molar-refractivity contribution in [2.24, 2.45) is 0 Å². The predicted octanol–water partition coefficient (Wildman–Crippen LogP) is 3.72. The minimum Gasteiger partial charge on any atom is -0.497 e. The Bertz CT molecular complexity index is 979. The van der Waals surface area contributed by atoms with Gasteiger partial charge in [0, 0.05) is 15.4 Å². The van der Waals surface area contributed by atoms with E-state index in [9.17, 15) is 0 Å². The quantitative estimate of drug-likeness (QED) is 0.550. The van der Waals surface area contributed by atoms with Gasteiger partial charge in [-0.2, -0.15) is 0 Å². The van der Waals surface area contributed by atoms with Crippen molar-refractivity contribution in [3.8, 4) is 17.1 Å². The second kappa shape index (κ2) is 5.06. The average molecular weight is 355 g/mol. The first-order valence-corrected chi connectivity index (χ1v) is 7.49. The van der Waals surface area contributed by atoms with E-state index in [1.165, 1.54) is 0 Å². The van der Waals surface area contributed by atoms with E-state index in [1.54, 1.807) is 18.0 Å². The van der Waals surface area contributed by atoms with Gasteiger partial charge in [-0.3, -0.25) is 0 Å². The number of ether oxygens (including phenoxy) is 1. The highest BCUT2D eigenvalue weighted by atomic mass is 79.9. The van der Waals surface area contributed by atoms with Crippen LogP contribution in [0.4, 0.5) is 0 Å². The van der Waals surface area contributed by atoms with Gasteiger partial charge < -0.3 is 4.74 Å². The molecule has 0 N–H and O–H groups in total. The van der Waals surface area contributed by atoms with Gasteiger partial charge in [-0.05, 0) is 42.5 Å². The Morgan fingerprint density at radius 1 is 1.09 bits per heavy atom. The van der Waals surface area contributed by atoms with E-state index in [4.69, 9.17) is 4.74 Å². The Morgan fingerprint density at radius 2 is 1.91 bits per heavy atom. The van der Waals surface area contributed by atoms with Gasteiger partial charge in [0.25, 0.3) is 0 Å². The third-order valence-electron chi connectivity index (χ3n) is 3.49. The van der Waals surface area contributed by atoms with Crippen molar-refractivity contribution in [2.75, 3.05) is 7.11 Å². The standard InChI is InChI=1S/C16H11BrN4O/c1-22-12-5-2-10(3-6-12)15-19-16-13-8-11(17)4-7-14(13)18-9-21(16)20-15/h2-9H,1H3. The van der Waals surface area contributed by atoms with Gasteiger partial charge >= 0.3 is 0 Å². The molecule has 22 heavy (non-hydrogen) atoms. The fourth-order valence-electron chi connectivity index (χ4n) is 2.37. The molecule has 108 valence electrons. The van der Waals surface area contributed by atoms with Gasteiger partial charge in [0.1, 0.15) is 12.1 Å². The summed E-state index contributed by atoms with van der Waals surface area (Å²) in [6.07, 6.45) is 1.69. The van der Waals surface area contributed by atoms with Crippen molar-refractivity contribution in [3.05, 3.63) is 53.3 Å². The molecule has 0 radical (unpaired) electrons. The summed E-state index contributed by atoms with van der Waals surface area (Å²) in [6.45, 7) is 0. The lowest BCUT2D eigenvalue weighted by Crippen LogP contribution is -1.91. The largest absolute Gasteiger partial charge is 0.497 e. The number of halogens is 1. The van der Waals surface area contributed by atoms with Crippen LogP contribution < -0.4 is 4.74 Å². The average Bonchev–Trinajstić information content (AvgIpc) is 2.99. The first-order chi connectivity index (χ1) is 10.7. The van der Waals surface area contributed by atoms with Crippen molar-refractivity contribution in [3.63, 3.8) is 0 Å². The molecule has 0 saturated carbocycles. The van der Waals surface area contributed by atoms with Crippen molar-refractivity contribution in [1.29, 1.82) is 0 Å². The van der Waals surface area contributed by atoms with E-state index in [2.05, 4.69) is 31.0 Å². The molecule has 0 spiro atoms. The Kier molecular flexibility index (Phi) is 3.04. The Labute approximate surface area is 134 Å². The van der Waals surface area contributed by atoms with Crippen molar-refractivity contribution in [2.45, 2.75) is 0 Å². The van der Waals surface area contributed by atoms with Crippen LogP contribution in [0.2, 0.25) is 0 Å². The van der Waals surface area contributed by atoms with Crippen molar-refractivity contribution >= 4 is 32.5 Å². The lowest BCUT2D eigenvalue weighted by Gasteiger charge is -1.99. The fourth-order valence-corrected chi connectivity index (χ4v) is 2.73. The topological polar surface area (TPSA) is 52.3 Å². The summed E-state index contributed by atoms with van der Waals surface area (Å²) in [5, 5.41) is 5.47. The number of aromatic nitrogens is 4. The van der Waals surface area contributed by atoms with Crippen LogP contribution in [0, 0.1) is 0 Å². The molecule has 4 rings (SSSR count). The maximum absolute atomic E-state index is 5.17. The molecule has 2 heterocycles. The van der Waals surface area contributed by atoms with Gasteiger partial charge in [-0.25, -0.2) is 14.5 Å². The van der Waals surface area contributed by atoms with Crippen LogP contribution >= 0.6 is 15.9 Å². The second-order valence-corrected chi connectivity index (χ2v) is 5.75. The summed E-state index contributed by atoms with van der Waals surface area (Å²) in [7, 11) is 1.65. The summed E-state index contributed by atoms with van der Waals surface area (Å²) in [5.41, 5.74) is 2.62. The summed E-state index contributed by atoms with van der Waals surface area (Å²) in [5.74, 6) is 1.47. The van der Waals surface area contributed by atoms with E-state index in [-0.39, 0.29) is 0 Å². The van der Waals surface area contributed by atoms with E-state index < -0.39 is 0 Å². The molecule has 0 saturated heterocycles. The van der Waals surface area contributed by atoms with Crippen LogP contribution in [-0.2, 0) is 0 Å². The summed E-state index contributed by atoms with van der Waals surface area (Å²) >= 11 is 3.49. The lowest BCUT2D eigenvalue weighted by molar-refractivity contribution is 0.415. The zero-order chi connectivity index (χ0) is 15.1. The number of methoxy groups -OCH3 is 1. The van der Waals surface area contributed by atoms with E-state index in [0.717, 1.165) is 32.3 Å². The molecular formula is C16H11BrN4O. The molecule has 2 aromatic carbocycles. The van der Waals surface area contributed by atoms with Crippen LogP contribution in [0.25, 0.3) is 27.9 Å². The van der Waals surface area contributed by atoms with Crippen LogP contribution in [0.1, 0.15) is 0 Å². The van der Waals surface area contributed by atoms with Gasteiger partial charge in [-0.15, -0.1) is 5.10 Å². The molecule has 2 aromatic heterocycles. The molecule has 0 unspecified atom stereocenters. The zero-order valence-electron chi connectivity index (χ0n) is 11.7. The molecule has 0 fully saturated rings. The minimum absolute atomic E-state index is 0.664. The van der Waals surface area contributed by atoms with E-state index >= 15 is 0 Å². The second-order valence-electron chi connectivity index (χ2n) is 4.84. The molecule has 0 aliphatic heterocycles. The molecule has 0 atom stereocenters. The first kappa shape index (κ1) is 13.2. The molecular weight excluding hydrogens is 344 g/mol. The van der Waals surface area contributed by atoms with E-state index in [1.807, 2.05) is 42.5 Å². The maximum atomic E-state index is 5.17. The number of rotatable bonds is 2. The minimum atomic E-state index is 0.664. The molecule has 6 heteroatoms. The molecule has 0 bridgehead atoms. The normalized spacial score (nSPS) is 11.2. The van der Waals surface area contributed by atoms with Gasteiger partial charge in [0.05, 0.1) is 12.6 Å². The maximum Gasteiger partial charge on any atom is 0.182 e. The Balaban J connectivity index is 1.92. The predicted molar refractivity (Wildman–Crippen MR) is 88.0 cm³/mol. The zero-order valence-corrected chi connectivity index (χ0v) is 13.3. The number of fused-ring (bicyclic) bond motifs is 3. The van der Waals surface area contributed by atoms with E-state index in [0.29, 0.717) is 5.82 Å². The molecule has 0 amide bonds. The molecule has 4 aromatic rings. The third kappa shape index (κ3) is 2.12. The van der Waals surface area contributed by atoms with Gasteiger partial charge in [0.2, 0.25) is 0 Å². The van der Waals surface area contributed by atoms with Crippen LogP contribution in [0.15, 0.2) is 53.3 Å². The number of hydrogen-bond acceptors (Lipinski definition) is 4. The highest BCUT2D eigenvalue weighted by Crippen LogP contribution is 2.24. The van der Waals surface area contributed by atoms with Gasteiger partial charge in [0.15, 0.2) is 11.5 Å². The van der Waals surface area contributed by atoms with Crippen LogP contribution in [0.3, 0.4) is 0 Å². The molecule has 5 nitrogen and oxygen atoms in total. The van der Waals surface area contributed by atoms with Gasteiger partial charge in [-0.1, -0.05) is 15.9 Å². The summed E-state index contributed by atoms with van der Waals surface area (Å²) in [4.78, 5) is 9.06. The highest BCUT2D eigenvalue weighted by molar-refractivity contribution is 9.10.